The summed E-state index contributed by atoms with van der Waals surface area (Å²) in [6, 6.07) is 12.9. The second kappa shape index (κ2) is 9.11. The molecule has 2 aromatic carbocycles. The molecule has 0 atom stereocenters. The summed E-state index contributed by atoms with van der Waals surface area (Å²) in [5.74, 6) is 0.168. The molecule has 0 saturated carbocycles. The summed E-state index contributed by atoms with van der Waals surface area (Å²) in [6.45, 7) is 4.00. The number of hydrogen-bond acceptors (Lipinski definition) is 5. The molecule has 0 bridgehead atoms. The number of hydrogen-bond donors (Lipinski definition) is 2. The van der Waals surface area contributed by atoms with Crippen LogP contribution in [0.5, 0.6) is 0 Å². The van der Waals surface area contributed by atoms with Crippen LogP contribution in [0.1, 0.15) is 11.1 Å². The van der Waals surface area contributed by atoms with Gasteiger partial charge in [-0.2, -0.15) is 0 Å². The van der Waals surface area contributed by atoms with Gasteiger partial charge in [0.2, 0.25) is 5.91 Å². The van der Waals surface area contributed by atoms with Gasteiger partial charge in [-0.05, 0) is 43.2 Å². The van der Waals surface area contributed by atoms with E-state index in [1.165, 1.54) is 18.8 Å². The monoisotopic (exact) mass is 429 g/mol. The van der Waals surface area contributed by atoms with E-state index < -0.39 is 11.9 Å². The van der Waals surface area contributed by atoms with Gasteiger partial charge in [-0.1, -0.05) is 47.6 Å². The number of urea groups is 1. The first-order valence-electron chi connectivity index (χ1n) is 8.83. The number of imide groups is 1. The van der Waals surface area contributed by atoms with E-state index in [-0.39, 0.29) is 5.75 Å². The zero-order valence-electron chi connectivity index (χ0n) is 16.2. The maximum Gasteiger partial charge on any atom is 0.321 e. The van der Waals surface area contributed by atoms with E-state index in [0.29, 0.717) is 16.0 Å². The summed E-state index contributed by atoms with van der Waals surface area (Å²) in [5, 5.41) is 14.3. The third kappa shape index (κ3) is 4.78. The third-order valence-corrected chi connectivity index (χ3v) is 5.42. The minimum absolute atomic E-state index is 0.0128. The summed E-state index contributed by atoms with van der Waals surface area (Å²) in [7, 11) is 1.45. The first-order valence-corrected chi connectivity index (χ1v) is 10.2. The van der Waals surface area contributed by atoms with Gasteiger partial charge >= 0.3 is 6.03 Å². The largest absolute Gasteiger partial charge is 0.341 e. The number of nitrogens with one attached hydrogen (secondary N) is 2. The van der Waals surface area contributed by atoms with E-state index in [4.69, 9.17) is 11.6 Å². The van der Waals surface area contributed by atoms with Crippen LogP contribution < -0.4 is 10.6 Å². The molecule has 0 aliphatic heterocycles. The molecule has 0 saturated heterocycles. The molecule has 9 heteroatoms. The van der Waals surface area contributed by atoms with Gasteiger partial charge in [0.1, 0.15) is 0 Å². The predicted molar refractivity (Wildman–Crippen MR) is 115 cm³/mol. The summed E-state index contributed by atoms with van der Waals surface area (Å²) in [5.41, 5.74) is 3.75. The van der Waals surface area contributed by atoms with Gasteiger partial charge in [0.15, 0.2) is 11.0 Å². The number of rotatable bonds is 5. The molecule has 1 aromatic heterocycles. The zero-order chi connectivity index (χ0) is 21.0. The van der Waals surface area contributed by atoms with Crippen molar-refractivity contribution in [2.24, 2.45) is 0 Å². The standard InChI is InChI=1S/C20H20ClN5O2S/c1-12-8-9-13(2)16(10-12)26-18(14-6-4-5-7-15(14)21)24-25-20(26)29-11-17(27)23-19(28)22-3/h4-10H,11H2,1-3H3,(H2,22,23,27,28). The van der Waals surface area contributed by atoms with Crippen molar-refractivity contribution in [3.63, 3.8) is 0 Å². The SMILES string of the molecule is CNC(=O)NC(=O)CSc1nnc(-c2ccccc2Cl)n1-c1cc(C)ccc1C. The molecule has 0 aliphatic carbocycles. The molecule has 0 aliphatic rings. The average Bonchev–Trinajstić information content (AvgIpc) is 3.12. The molecule has 3 amide bonds. The number of nitrogens with zero attached hydrogens (tertiary/aromatic N) is 3. The van der Waals surface area contributed by atoms with Gasteiger partial charge in [0, 0.05) is 12.6 Å². The highest BCUT2D eigenvalue weighted by molar-refractivity contribution is 7.99. The predicted octanol–water partition coefficient (Wildman–Crippen LogP) is 3.75. The Balaban J connectivity index is 2.03. The van der Waals surface area contributed by atoms with Crippen LogP contribution in [0.25, 0.3) is 17.1 Å². The Kier molecular flexibility index (Phi) is 6.56. The number of carbonyl (C=O) groups is 2. The van der Waals surface area contributed by atoms with E-state index >= 15 is 0 Å². The van der Waals surface area contributed by atoms with Crippen molar-refractivity contribution >= 4 is 35.3 Å². The van der Waals surface area contributed by atoms with Crippen LogP contribution in [0.15, 0.2) is 47.6 Å². The Morgan fingerprint density at radius 3 is 2.62 bits per heavy atom. The second-order valence-electron chi connectivity index (χ2n) is 6.33. The van der Waals surface area contributed by atoms with E-state index in [0.717, 1.165) is 22.4 Å². The fraction of sp³-hybridized carbons (Fsp3) is 0.200. The van der Waals surface area contributed by atoms with Crippen LogP contribution in [0, 0.1) is 13.8 Å². The van der Waals surface area contributed by atoms with Gasteiger partial charge in [-0.25, -0.2) is 4.79 Å². The normalized spacial score (nSPS) is 10.6. The molecular formula is C20H20ClN5O2S. The fourth-order valence-corrected chi connectivity index (χ4v) is 3.68. The van der Waals surface area contributed by atoms with Crippen molar-refractivity contribution in [3.05, 3.63) is 58.6 Å². The number of aryl methyl sites for hydroxylation is 2. The lowest BCUT2D eigenvalue weighted by molar-refractivity contribution is -0.117. The van der Waals surface area contributed by atoms with Crippen LogP contribution in [-0.2, 0) is 4.79 Å². The molecule has 1 heterocycles. The maximum absolute atomic E-state index is 12.0. The van der Waals surface area contributed by atoms with E-state index in [1.807, 2.05) is 54.8 Å². The molecule has 29 heavy (non-hydrogen) atoms. The average molecular weight is 430 g/mol. The van der Waals surface area contributed by atoms with Gasteiger partial charge < -0.3 is 5.32 Å². The molecule has 3 aromatic rings. The zero-order valence-corrected chi connectivity index (χ0v) is 17.8. The van der Waals surface area contributed by atoms with Crippen LogP contribution in [0.2, 0.25) is 5.02 Å². The number of aromatic nitrogens is 3. The van der Waals surface area contributed by atoms with Crippen LogP contribution in [-0.4, -0.2) is 39.5 Å². The van der Waals surface area contributed by atoms with Gasteiger partial charge in [0.05, 0.1) is 16.5 Å². The van der Waals surface area contributed by atoms with Crippen LogP contribution >= 0.6 is 23.4 Å². The molecule has 150 valence electrons. The number of thioether (sulfide) groups is 1. The fourth-order valence-electron chi connectivity index (χ4n) is 2.71. The minimum Gasteiger partial charge on any atom is -0.341 e. The number of amides is 3. The molecule has 0 unspecified atom stereocenters. The molecule has 3 rings (SSSR count). The molecular weight excluding hydrogens is 410 g/mol. The van der Waals surface area contributed by atoms with Gasteiger partial charge in [0.25, 0.3) is 0 Å². The highest BCUT2D eigenvalue weighted by Crippen LogP contribution is 2.33. The van der Waals surface area contributed by atoms with Crippen LogP contribution in [0.3, 0.4) is 0 Å². The lowest BCUT2D eigenvalue weighted by atomic mass is 10.1. The lowest BCUT2D eigenvalue weighted by Crippen LogP contribution is -2.38. The molecule has 0 radical (unpaired) electrons. The summed E-state index contributed by atoms with van der Waals surface area (Å²) in [4.78, 5) is 23.3. The summed E-state index contributed by atoms with van der Waals surface area (Å²) >= 11 is 7.60. The number of carbonyl (C=O) groups excluding carboxylic acids is 2. The quantitative estimate of drug-likeness (QED) is 0.603. The van der Waals surface area contributed by atoms with Crippen molar-refractivity contribution in [2.45, 2.75) is 19.0 Å². The van der Waals surface area contributed by atoms with E-state index in [2.05, 4.69) is 20.8 Å². The molecule has 7 nitrogen and oxygen atoms in total. The first kappa shape index (κ1) is 20.9. The first-order chi connectivity index (χ1) is 13.9. The summed E-state index contributed by atoms with van der Waals surface area (Å²) in [6.07, 6.45) is 0. The third-order valence-electron chi connectivity index (χ3n) is 4.17. The molecule has 0 fully saturated rings. The van der Waals surface area contributed by atoms with Gasteiger partial charge in [-0.15, -0.1) is 10.2 Å². The topological polar surface area (TPSA) is 88.9 Å². The van der Waals surface area contributed by atoms with Crippen LogP contribution in [0.4, 0.5) is 4.79 Å². The minimum atomic E-state index is -0.552. The second-order valence-corrected chi connectivity index (χ2v) is 7.68. The smallest absolute Gasteiger partial charge is 0.321 e. The number of benzene rings is 2. The molecule has 0 spiro atoms. The van der Waals surface area contributed by atoms with Crippen molar-refractivity contribution in [3.8, 4) is 17.1 Å². The Labute approximate surface area is 177 Å². The van der Waals surface area contributed by atoms with Crippen molar-refractivity contribution in [1.82, 2.24) is 25.4 Å². The Bertz CT molecular complexity index is 1070. The summed E-state index contributed by atoms with van der Waals surface area (Å²) < 4.78 is 1.89. The Morgan fingerprint density at radius 2 is 1.90 bits per heavy atom. The van der Waals surface area contributed by atoms with Crippen molar-refractivity contribution < 1.29 is 9.59 Å². The van der Waals surface area contributed by atoms with Gasteiger partial charge in [-0.3, -0.25) is 14.7 Å². The Hall–Kier alpha value is -2.84. The highest BCUT2D eigenvalue weighted by atomic mass is 35.5. The van der Waals surface area contributed by atoms with E-state index in [1.54, 1.807) is 6.07 Å². The molecule has 2 N–H and O–H groups in total. The maximum atomic E-state index is 12.0. The van der Waals surface area contributed by atoms with Crippen molar-refractivity contribution in [1.29, 1.82) is 0 Å². The highest BCUT2D eigenvalue weighted by Gasteiger charge is 2.20. The van der Waals surface area contributed by atoms with Crippen molar-refractivity contribution in [2.75, 3.05) is 12.8 Å². The Morgan fingerprint density at radius 1 is 1.14 bits per heavy atom. The number of halogens is 1. The van der Waals surface area contributed by atoms with E-state index in [9.17, 15) is 9.59 Å². The lowest BCUT2D eigenvalue weighted by Gasteiger charge is -2.14.